The van der Waals surface area contributed by atoms with Crippen molar-refractivity contribution in [2.45, 2.75) is 18.0 Å². The van der Waals surface area contributed by atoms with Crippen LogP contribution in [0.3, 0.4) is 0 Å². The molecule has 0 aromatic heterocycles. The zero-order valence-corrected chi connectivity index (χ0v) is 20.3. The van der Waals surface area contributed by atoms with Crippen LogP contribution in [0, 0.1) is 11.6 Å². The highest BCUT2D eigenvalue weighted by molar-refractivity contribution is 7.87. The summed E-state index contributed by atoms with van der Waals surface area (Å²) < 4.78 is 57.0. The Morgan fingerprint density at radius 3 is 2.06 bits per heavy atom. The van der Waals surface area contributed by atoms with E-state index in [1.165, 1.54) is 29.2 Å². The van der Waals surface area contributed by atoms with E-state index in [1.54, 1.807) is 48.5 Å². The van der Waals surface area contributed by atoms with Crippen molar-refractivity contribution in [3.63, 3.8) is 0 Å². The molecule has 4 aromatic carbocycles. The standard InChI is InChI=1S/C27H20ClF2NO4S/c28-26-7-2-1-6-25(26)27(32)31(17-19-8-10-21(29)11-9-19)18-20-4-3-5-23(16-20)35-36(33,34)24-14-12-22(30)13-15-24/h1-16H,17-18H2. The van der Waals surface area contributed by atoms with Crippen molar-refractivity contribution >= 4 is 27.6 Å². The van der Waals surface area contributed by atoms with Crippen LogP contribution in [0.5, 0.6) is 5.75 Å². The van der Waals surface area contributed by atoms with Gasteiger partial charge in [0.05, 0.1) is 10.6 Å². The Balaban J connectivity index is 1.60. The van der Waals surface area contributed by atoms with Gasteiger partial charge in [-0.25, -0.2) is 8.78 Å². The van der Waals surface area contributed by atoms with Crippen molar-refractivity contribution in [3.05, 3.63) is 130 Å². The number of hydrogen-bond donors (Lipinski definition) is 0. The first-order chi connectivity index (χ1) is 17.2. The second-order valence-corrected chi connectivity index (χ2v) is 9.86. The van der Waals surface area contributed by atoms with Crippen molar-refractivity contribution in [1.29, 1.82) is 0 Å². The SMILES string of the molecule is O=C(c1ccccc1Cl)N(Cc1ccc(F)cc1)Cc1cccc(OS(=O)(=O)c2ccc(F)cc2)c1. The molecule has 9 heteroatoms. The number of carbonyl (C=O) groups is 1. The molecule has 0 fully saturated rings. The number of carbonyl (C=O) groups excluding carboxylic acids is 1. The van der Waals surface area contributed by atoms with Crippen LogP contribution in [0.1, 0.15) is 21.5 Å². The van der Waals surface area contributed by atoms with Crippen LogP contribution in [0.4, 0.5) is 8.78 Å². The van der Waals surface area contributed by atoms with E-state index in [-0.39, 0.29) is 34.7 Å². The first-order valence-electron chi connectivity index (χ1n) is 10.8. The summed E-state index contributed by atoms with van der Waals surface area (Å²) in [5.41, 5.74) is 1.58. The minimum absolute atomic E-state index is 0.0312. The largest absolute Gasteiger partial charge is 0.379 e. The fraction of sp³-hybridized carbons (Fsp3) is 0.0741. The van der Waals surface area contributed by atoms with Gasteiger partial charge in [0, 0.05) is 13.1 Å². The van der Waals surface area contributed by atoms with E-state index in [2.05, 4.69) is 0 Å². The predicted molar refractivity (Wildman–Crippen MR) is 132 cm³/mol. The predicted octanol–water partition coefficient (Wildman–Crippen LogP) is 6.23. The maximum absolute atomic E-state index is 13.4. The highest BCUT2D eigenvalue weighted by Gasteiger charge is 2.21. The summed E-state index contributed by atoms with van der Waals surface area (Å²) in [6.07, 6.45) is 0. The van der Waals surface area contributed by atoms with Gasteiger partial charge in [0.15, 0.2) is 0 Å². The average Bonchev–Trinajstić information content (AvgIpc) is 2.85. The Morgan fingerprint density at radius 1 is 0.778 bits per heavy atom. The molecule has 0 heterocycles. The maximum Gasteiger partial charge on any atom is 0.339 e. The quantitative estimate of drug-likeness (QED) is 0.255. The van der Waals surface area contributed by atoms with Crippen LogP contribution < -0.4 is 4.18 Å². The molecule has 0 saturated heterocycles. The molecule has 0 aliphatic rings. The van der Waals surface area contributed by atoms with Gasteiger partial charge in [0.25, 0.3) is 5.91 Å². The first kappa shape index (κ1) is 25.3. The van der Waals surface area contributed by atoms with E-state index in [0.717, 1.165) is 24.3 Å². The molecule has 0 aliphatic heterocycles. The third kappa shape index (κ3) is 6.27. The molecule has 0 unspecified atom stereocenters. The Labute approximate surface area is 212 Å². The van der Waals surface area contributed by atoms with Gasteiger partial charge in [-0.3, -0.25) is 4.79 Å². The van der Waals surface area contributed by atoms with E-state index < -0.39 is 21.8 Å². The molecule has 4 rings (SSSR count). The van der Waals surface area contributed by atoms with Crippen LogP contribution in [-0.4, -0.2) is 19.2 Å². The molecule has 0 spiro atoms. The molecule has 0 bridgehead atoms. The Hall–Kier alpha value is -3.75. The fourth-order valence-electron chi connectivity index (χ4n) is 3.51. The summed E-state index contributed by atoms with van der Waals surface area (Å²) in [7, 11) is -4.19. The van der Waals surface area contributed by atoms with Gasteiger partial charge in [-0.2, -0.15) is 8.42 Å². The van der Waals surface area contributed by atoms with E-state index in [9.17, 15) is 22.0 Å². The molecule has 5 nitrogen and oxygen atoms in total. The molecule has 0 atom stereocenters. The van der Waals surface area contributed by atoms with Crippen molar-refractivity contribution in [2.75, 3.05) is 0 Å². The Kier molecular flexibility index (Phi) is 7.67. The highest BCUT2D eigenvalue weighted by Crippen LogP contribution is 2.24. The van der Waals surface area contributed by atoms with E-state index in [0.29, 0.717) is 16.7 Å². The smallest absolute Gasteiger partial charge is 0.339 e. The zero-order valence-electron chi connectivity index (χ0n) is 18.8. The minimum atomic E-state index is -4.19. The molecule has 4 aromatic rings. The summed E-state index contributed by atoms with van der Waals surface area (Å²) >= 11 is 6.25. The molecule has 0 radical (unpaired) electrons. The monoisotopic (exact) mass is 527 g/mol. The van der Waals surface area contributed by atoms with Gasteiger partial charge in [-0.15, -0.1) is 0 Å². The summed E-state index contributed by atoms with van der Waals surface area (Å²) in [5.74, 6) is -1.28. The lowest BCUT2D eigenvalue weighted by atomic mass is 10.1. The Bertz CT molecular complexity index is 1480. The maximum atomic E-state index is 13.4. The van der Waals surface area contributed by atoms with E-state index in [1.807, 2.05) is 0 Å². The number of rotatable bonds is 8. The van der Waals surface area contributed by atoms with Gasteiger partial charge in [0.2, 0.25) is 0 Å². The van der Waals surface area contributed by atoms with Crippen molar-refractivity contribution in [1.82, 2.24) is 4.90 Å². The molecule has 184 valence electrons. The minimum Gasteiger partial charge on any atom is -0.379 e. The summed E-state index contributed by atoms with van der Waals surface area (Å²) in [6, 6.07) is 23.0. The van der Waals surface area contributed by atoms with Gasteiger partial charge in [0.1, 0.15) is 22.3 Å². The third-order valence-electron chi connectivity index (χ3n) is 5.26. The Morgan fingerprint density at radius 2 is 1.39 bits per heavy atom. The van der Waals surface area contributed by atoms with Gasteiger partial charge in [-0.05, 0) is 71.8 Å². The molecule has 36 heavy (non-hydrogen) atoms. The molecular weight excluding hydrogens is 508 g/mol. The zero-order chi connectivity index (χ0) is 25.7. The second kappa shape index (κ2) is 10.9. The van der Waals surface area contributed by atoms with Crippen LogP contribution in [0.25, 0.3) is 0 Å². The third-order valence-corrected chi connectivity index (χ3v) is 6.85. The number of benzene rings is 4. The lowest BCUT2D eigenvalue weighted by Crippen LogP contribution is -2.30. The van der Waals surface area contributed by atoms with Crippen molar-refractivity contribution in [3.8, 4) is 5.75 Å². The number of nitrogens with zero attached hydrogens (tertiary/aromatic N) is 1. The average molecular weight is 528 g/mol. The van der Waals surface area contributed by atoms with Crippen molar-refractivity contribution in [2.24, 2.45) is 0 Å². The van der Waals surface area contributed by atoms with Gasteiger partial charge in [-0.1, -0.05) is 48.0 Å². The van der Waals surface area contributed by atoms with Crippen LogP contribution in [0.2, 0.25) is 5.02 Å². The summed E-state index contributed by atoms with van der Waals surface area (Å²) in [5, 5.41) is 0.286. The molecule has 1 amide bonds. The van der Waals surface area contributed by atoms with Crippen LogP contribution in [0.15, 0.2) is 102 Å². The fourth-order valence-corrected chi connectivity index (χ4v) is 4.65. The first-order valence-corrected chi connectivity index (χ1v) is 12.6. The lowest BCUT2D eigenvalue weighted by Gasteiger charge is -2.24. The van der Waals surface area contributed by atoms with Gasteiger partial charge >= 0.3 is 10.1 Å². The number of halogens is 3. The second-order valence-electron chi connectivity index (χ2n) is 7.91. The van der Waals surface area contributed by atoms with Crippen molar-refractivity contribution < 1.29 is 26.2 Å². The molecule has 0 saturated carbocycles. The van der Waals surface area contributed by atoms with Crippen LogP contribution >= 0.6 is 11.6 Å². The lowest BCUT2D eigenvalue weighted by molar-refractivity contribution is 0.0730. The highest BCUT2D eigenvalue weighted by atomic mass is 35.5. The topological polar surface area (TPSA) is 63.7 Å². The molecule has 0 aliphatic carbocycles. The van der Waals surface area contributed by atoms with Crippen LogP contribution in [-0.2, 0) is 23.2 Å². The molecule has 0 N–H and O–H groups in total. The van der Waals surface area contributed by atoms with E-state index in [4.69, 9.17) is 15.8 Å². The number of amides is 1. The number of hydrogen-bond acceptors (Lipinski definition) is 4. The molecular formula is C27H20ClF2NO4S. The van der Waals surface area contributed by atoms with E-state index >= 15 is 0 Å². The normalized spacial score (nSPS) is 11.2. The summed E-state index contributed by atoms with van der Waals surface area (Å²) in [4.78, 5) is 14.7. The summed E-state index contributed by atoms with van der Waals surface area (Å²) in [6.45, 7) is 0.249. The van der Waals surface area contributed by atoms with Gasteiger partial charge < -0.3 is 9.08 Å².